The van der Waals surface area contributed by atoms with Crippen LogP contribution in [0.3, 0.4) is 0 Å². The Kier molecular flexibility index (Phi) is 24.2. The Morgan fingerprint density at radius 3 is 0.971 bits per heavy atom. The average Bonchev–Trinajstić information content (AvgIpc) is 2.89. The highest BCUT2D eigenvalue weighted by atomic mass is 14.2. The maximum absolute atomic E-state index is 2.37. The van der Waals surface area contributed by atoms with Crippen LogP contribution >= 0.6 is 0 Å². The number of benzene rings is 1. The lowest BCUT2D eigenvalue weighted by molar-refractivity contribution is 0.481. The van der Waals surface area contributed by atoms with Crippen LogP contribution in [0.15, 0.2) is 30.3 Å². The van der Waals surface area contributed by atoms with Gasteiger partial charge in [-0.1, -0.05) is 198 Å². The van der Waals surface area contributed by atoms with Crippen molar-refractivity contribution in [3.05, 3.63) is 35.9 Å². The molecule has 0 nitrogen and oxygen atoms in total. The van der Waals surface area contributed by atoms with Crippen LogP contribution in [0.1, 0.15) is 192 Å². The molecule has 0 heterocycles. The minimum atomic E-state index is 0.795. The molecule has 0 heteroatoms. The maximum Gasteiger partial charge on any atom is -0.0162 e. The van der Waals surface area contributed by atoms with Gasteiger partial charge in [-0.25, -0.2) is 0 Å². The molecule has 0 saturated carbocycles. The summed E-state index contributed by atoms with van der Waals surface area (Å²) >= 11 is 0. The lowest BCUT2D eigenvalue weighted by Gasteiger charge is -2.17. The molecule has 35 heavy (non-hydrogen) atoms. The average molecular weight is 485 g/mol. The molecule has 1 aromatic carbocycles. The summed E-state index contributed by atoms with van der Waals surface area (Å²) in [4.78, 5) is 0. The third kappa shape index (κ3) is 21.0. The highest BCUT2D eigenvalue weighted by Crippen LogP contribution is 2.28. The number of rotatable bonds is 27. The van der Waals surface area contributed by atoms with Crippen LogP contribution in [0.4, 0.5) is 0 Å². The smallest absolute Gasteiger partial charge is 0.0162 e. The minimum absolute atomic E-state index is 0.795. The fourth-order valence-corrected chi connectivity index (χ4v) is 5.67. The molecule has 1 atom stereocenters. The number of hydrogen-bond acceptors (Lipinski definition) is 0. The van der Waals surface area contributed by atoms with Crippen LogP contribution in [-0.2, 0) is 0 Å². The molecule has 0 aliphatic rings. The first-order valence-corrected chi connectivity index (χ1v) is 16.4. The van der Waals surface area contributed by atoms with Crippen molar-refractivity contribution in [2.45, 2.75) is 187 Å². The second-order valence-electron chi connectivity index (χ2n) is 11.5. The lowest BCUT2D eigenvalue weighted by Crippen LogP contribution is -1.99. The van der Waals surface area contributed by atoms with Crippen molar-refractivity contribution in [3.8, 4) is 0 Å². The molecule has 0 N–H and O–H groups in total. The third-order valence-corrected chi connectivity index (χ3v) is 8.08. The van der Waals surface area contributed by atoms with E-state index in [4.69, 9.17) is 0 Å². The van der Waals surface area contributed by atoms with Gasteiger partial charge in [0.15, 0.2) is 0 Å². The Balaban J connectivity index is 1.96. The van der Waals surface area contributed by atoms with Crippen molar-refractivity contribution >= 4 is 0 Å². The molecule has 1 unspecified atom stereocenters. The van der Waals surface area contributed by atoms with Crippen LogP contribution in [0.25, 0.3) is 0 Å². The second kappa shape index (κ2) is 26.3. The summed E-state index contributed by atoms with van der Waals surface area (Å²) in [5.41, 5.74) is 1.59. The van der Waals surface area contributed by atoms with Gasteiger partial charge >= 0.3 is 0 Å². The molecule has 1 rings (SSSR count). The predicted octanol–water partition coefficient (Wildman–Crippen LogP) is 13.0. The molecule has 0 fully saturated rings. The maximum atomic E-state index is 2.37. The van der Waals surface area contributed by atoms with Crippen molar-refractivity contribution < 1.29 is 0 Å². The van der Waals surface area contributed by atoms with Crippen molar-refractivity contribution in [2.75, 3.05) is 0 Å². The third-order valence-electron chi connectivity index (χ3n) is 8.08. The van der Waals surface area contributed by atoms with Crippen LogP contribution in [0.2, 0.25) is 0 Å². The zero-order chi connectivity index (χ0) is 25.1. The van der Waals surface area contributed by atoms with Crippen molar-refractivity contribution in [1.29, 1.82) is 0 Å². The monoisotopic (exact) mass is 485 g/mol. The Bertz CT molecular complexity index is 504. The quantitative estimate of drug-likeness (QED) is 0.109. The summed E-state index contributed by atoms with van der Waals surface area (Å²) in [6, 6.07) is 11.4. The van der Waals surface area contributed by atoms with E-state index >= 15 is 0 Å². The van der Waals surface area contributed by atoms with E-state index in [-0.39, 0.29) is 0 Å². The van der Waals surface area contributed by atoms with Gasteiger partial charge in [-0.2, -0.15) is 0 Å². The van der Waals surface area contributed by atoms with Crippen LogP contribution in [-0.4, -0.2) is 0 Å². The zero-order valence-corrected chi connectivity index (χ0v) is 24.3. The minimum Gasteiger partial charge on any atom is -0.0654 e. The largest absolute Gasteiger partial charge is 0.0654 e. The molecule has 0 aliphatic heterocycles. The molecule has 0 spiro atoms. The Hall–Kier alpha value is -0.780. The molecule has 204 valence electrons. The standard InChI is InChI=1S/C35H64/c1-3-5-7-9-11-12-13-14-15-16-17-18-19-20-22-24-27-31-34(35-32-28-25-29-33-35)30-26-23-21-10-8-6-4-2/h25,28-29,32-34H,3-24,26-27,30-31H2,1-2H3. The molecular weight excluding hydrogens is 420 g/mol. The van der Waals surface area contributed by atoms with Gasteiger partial charge in [0.05, 0.1) is 0 Å². The fourth-order valence-electron chi connectivity index (χ4n) is 5.67. The molecule has 0 amide bonds. The van der Waals surface area contributed by atoms with E-state index in [0.29, 0.717) is 0 Å². The van der Waals surface area contributed by atoms with E-state index in [1.165, 1.54) is 167 Å². The molecule has 1 aromatic rings. The molecule has 0 aliphatic carbocycles. The SMILES string of the molecule is CCCCCCCCCCCCCCCCCCCC(CCCCCCCCC)c1ccccc1. The normalized spacial score (nSPS) is 12.3. The predicted molar refractivity (Wildman–Crippen MR) is 161 cm³/mol. The van der Waals surface area contributed by atoms with Crippen LogP contribution in [0, 0.1) is 0 Å². The van der Waals surface area contributed by atoms with E-state index in [1.807, 2.05) is 0 Å². The first-order valence-electron chi connectivity index (χ1n) is 16.4. The van der Waals surface area contributed by atoms with E-state index in [0.717, 1.165) is 5.92 Å². The molecule has 0 radical (unpaired) electrons. The number of unbranched alkanes of at least 4 members (excludes halogenated alkanes) is 22. The van der Waals surface area contributed by atoms with Crippen LogP contribution < -0.4 is 0 Å². The Morgan fingerprint density at radius 2 is 0.657 bits per heavy atom. The summed E-state index contributed by atoms with van der Waals surface area (Å²) in [5, 5.41) is 0. The second-order valence-corrected chi connectivity index (χ2v) is 11.5. The lowest BCUT2D eigenvalue weighted by atomic mass is 9.88. The fraction of sp³-hybridized carbons (Fsp3) is 0.829. The van der Waals surface area contributed by atoms with E-state index in [9.17, 15) is 0 Å². The van der Waals surface area contributed by atoms with Gasteiger partial charge in [-0.05, 0) is 24.3 Å². The zero-order valence-electron chi connectivity index (χ0n) is 24.3. The summed E-state index contributed by atoms with van der Waals surface area (Å²) in [7, 11) is 0. The van der Waals surface area contributed by atoms with E-state index in [2.05, 4.69) is 44.2 Å². The summed E-state index contributed by atoms with van der Waals surface area (Å²) in [5.74, 6) is 0.795. The van der Waals surface area contributed by atoms with Gasteiger partial charge < -0.3 is 0 Å². The van der Waals surface area contributed by atoms with E-state index < -0.39 is 0 Å². The van der Waals surface area contributed by atoms with Crippen molar-refractivity contribution in [3.63, 3.8) is 0 Å². The summed E-state index contributed by atoms with van der Waals surface area (Å²) in [6.07, 6.45) is 37.6. The number of hydrogen-bond donors (Lipinski definition) is 0. The molecule has 0 saturated heterocycles. The Labute approximate surface area is 222 Å². The van der Waals surface area contributed by atoms with Gasteiger partial charge in [-0.15, -0.1) is 0 Å². The molecule has 0 bridgehead atoms. The van der Waals surface area contributed by atoms with Gasteiger partial charge in [0.2, 0.25) is 0 Å². The van der Waals surface area contributed by atoms with Gasteiger partial charge in [0.1, 0.15) is 0 Å². The van der Waals surface area contributed by atoms with Gasteiger partial charge in [-0.3, -0.25) is 0 Å². The van der Waals surface area contributed by atoms with Gasteiger partial charge in [0.25, 0.3) is 0 Å². The Morgan fingerprint density at radius 1 is 0.371 bits per heavy atom. The van der Waals surface area contributed by atoms with Crippen molar-refractivity contribution in [2.24, 2.45) is 0 Å². The molecular formula is C35H64. The highest BCUT2D eigenvalue weighted by molar-refractivity contribution is 5.19. The van der Waals surface area contributed by atoms with Gasteiger partial charge in [0, 0.05) is 0 Å². The summed E-state index contributed by atoms with van der Waals surface area (Å²) < 4.78 is 0. The topological polar surface area (TPSA) is 0 Å². The van der Waals surface area contributed by atoms with E-state index in [1.54, 1.807) is 5.56 Å². The molecule has 0 aromatic heterocycles. The summed E-state index contributed by atoms with van der Waals surface area (Å²) in [6.45, 7) is 4.62. The van der Waals surface area contributed by atoms with Crippen LogP contribution in [0.5, 0.6) is 0 Å². The van der Waals surface area contributed by atoms with Crippen molar-refractivity contribution in [1.82, 2.24) is 0 Å². The first-order chi connectivity index (χ1) is 17.4. The highest BCUT2D eigenvalue weighted by Gasteiger charge is 2.10. The first kappa shape index (κ1) is 32.2.